The van der Waals surface area contributed by atoms with Crippen molar-refractivity contribution in [3.05, 3.63) is 29.8 Å². The van der Waals surface area contributed by atoms with E-state index < -0.39 is 0 Å². The lowest BCUT2D eigenvalue weighted by molar-refractivity contribution is 0.142. The predicted molar refractivity (Wildman–Crippen MR) is 85.9 cm³/mol. The molecule has 0 saturated carbocycles. The lowest BCUT2D eigenvalue weighted by Gasteiger charge is -2.24. The number of benzene rings is 1. The number of hydrogen-bond acceptors (Lipinski definition) is 4. The fraction of sp³-hybridized carbons (Fsp3) is 0.647. The van der Waals surface area contributed by atoms with Crippen LogP contribution in [0.5, 0.6) is 5.75 Å². The summed E-state index contributed by atoms with van der Waals surface area (Å²) in [5.41, 5.74) is 1.21. The summed E-state index contributed by atoms with van der Waals surface area (Å²) in [6.07, 6.45) is 1.02. The number of ether oxygens (including phenoxy) is 3. The Morgan fingerprint density at radius 3 is 2.52 bits per heavy atom. The van der Waals surface area contributed by atoms with Crippen molar-refractivity contribution in [2.45, 2.75) is 26.3 Å². The maximum Gasteiger partial charge on any atom is 0.124 e. The maximum absolute atomic E-state index is 5.85. The van der Waals surface area contributed by atoms with Gasteiger partial charge in [-0.3, -0.25) is 0 Å². The first kappa shape index (κ1) is 18.0. The van der Waals surface area contributed by atoms with Crippen molar-refractivity contribution in [3.8, 4) is 5.75 Å². The van der Waals surface area contributed by atoms with Crippen molar-refractivity contribution in [1.29, 1.82) is 0 Å². The van der Waals surface area contributed by atoms with Gasteiger partial charge in [-0.2, -0.15) is 0 Å². The summed E-state index contributed by atoms with van der Waals surface area (Å²) in [4.78, 5) is 0. The van der Waals surface area contributed by atoms with Gasteiger partial charge in [-0.15, -0.1) is 0 Å². The molecule has 1 N–H and O–H groups in total. The normalized spacial score (nSPS) is 13.9. The third kappa shape index (κ3) is 6.46. The summed E-state index contributed by atoms with van der Waals surface area (Å²) < 4.78 is 16.2. The second kappa shape index (κ2) is 10.6. The van der Waals surface area contributed by atoms with Crippen LogP contribution in [0.3, 0.4) is 0 Å². The van der Waals surface area contributed by atoms with E-state index in [9.17, 15) is 0 Å². The maximum atomic E-state index is 5.85. The Morgan fingerprint density at radius 2 is 1.86 bits per heavy atom. The molecular formula is C17H29NO3. The van der Waals surface area contributed by atoms with Gasteiger partial charge in [0.1, 0.15) is 12.4 Å². The molecule has 0 aliphatic rings. The Kier molecular flexibility index (Phi) is 9.06. The Hall–Kier alpha value is -1.10. The number of rotatable bonds is 11. The molecule has 1 aromatic rings. The summed E-state index contributed by atoms with van der Waals surface area (Å²) in [6.45, 7) is 7.20. The third-order valence-corrected chi connectivity index (χ3v) is 3.38. The van der Waals surface area contributed by atoms with Gasteiger partial charge in [0.05, 0.1) is 6.61 Å². The van der Waals surface area contributed by atoms with Gasteiger partial charge in [0.25, 0.3) is 0 Å². The highest BCUT2D eigenvalue weighted by molar-refractivity contribution is 5.36. The van der Waals surface area contributed by atoms with E-state index in [0.717, 1.165) is 25.3 Å². The van der Waals surface area contributed by atoms with Gasteiger partial charge in [0.15, 0.2) is 0 Å². The molecule has 0 amide bonds. The van der Waals surface area contributed by atoms with E-state index in [1.165, 1.54) is 5.56 Å². The van der Waals surface area contributed by atoms with E-state index in [1.807, 2.05) is 12.1 Å². The van der Waals surface area contributed by atoms with Gasteiger partial charge in [-0.05, 0) is 24.9 Å². The summed E-state index contributed by atoms with van der Waals surface area (Å²) >= 11 is 0. The molecule has 0 bridgehead atoms. The first-order chi connectivity index (χ1) is 10.2. The van der Waals surface area contributed by atoms with E-state index in [1.54, 1.807) is 14.2 Å². The molecule has 21 heavy (non-hydrogen) atoms. The molecule has 0 saturated heterocycles. The topological polar surface area (TPSA) is 39.7 Å². The van der Waals surface area contributed by atoms with Crippen molar-refractivity contribution >= 4 is 0 Å². The fourth-order valence-electron chi connectivity index (χ4n) is 2.46. The number of hydrogen-bond donors (Lipinski definition) is 1. The quantitative estimate of drug-likeness (QED) is 0.637. The zero-order valence-corrected chi connectivity index (χ0v) is 13.7. The van der Waals surface area contributed by atoms with Gasteiger partial charge in [-0.1, -0.05) is 32.0 Å². The molecule has 120 valence electrons. The van der Waals surface area contributed by atoms with Gasteiger partial charge >= 0.3 is 0 Å². The first-order valence-corrected chi connectivity index (χ1v) is 7.65. The highest BCUT2D eigenvalue weighted by Crippen LogP contribution is 2.29. The number of para-hydroxylation sites is 1. The molecule has 0 heterocycles. The highest BCUT2D eigenvalue weighted by Gasteiger charge is 2.18. The Morgan fingerprint density at radius 1 is 1.10 bits per heavy atom. The van der Waals surface area contributed by atoms with Crippen LogP contribution in [0.25, 0.3) is 0 Å². The van der Waals surface area contributed by atoms with E-state index in [0.29, 0.717) is 19.1 Å². The van der Waals surface area contributed by atoms with Crippen LogP contribution in [-0.2, 0) is 9.47 Å². The van der Waals surface area contributed by atoms with Crippen LogP contribution < -0.4 is 10.1 Å². The lowest BCUT2D eigenvalue weighted by Crippen LogP contribution is -2.25. The molecular weight excluding hydrogens is 266 g/mol. The van der Waals surface area contributed by atoms with Crippen molar-refractivity contribution in [1.82, 2.24) is 5.32 Å². The minimum Gasteiger partial charge on any atom is -0.491 e. The Bertz CT molecular complexity index is 384. The fourth-order valence-corrected chi connectivity index (χ4v) is 2.46. The summed E-state index contributed by atoms with van der Waals surface area (Å²) in [5, 5.41) is 3.55. The van der Waals surface area contributed by atoms with Crippen LogP contribution in [-0.4, -0.2) is 40.6 Å². The van der Waals surface area contributed by atoms with Crippen molar-refractivity contribution in [2.24, 2.45) is 5.92 Å². The Labute approximate surface area is 128 Å². The predicted octanol–water partition coefficient (Wildman–Crippen LogP) is 3.04. The third-order valence-electron chi connectivity index (χ3n) is 3.38. The standard InChI is InChI=1S/C17H29NO3/c1-5-18-16(12-14(2)13-20-4)15-8-6-7-9-17(15)21-11-10-19-3/h6-9,14,16,18H,5,10-13H2,1-4H3. The van der Waals surface area contributed by atoms with E-state index in [-0.39, 0.29) is 6.04 Å². The second-order valence-corrected chi connectivity index (χ2v) is 5.29. The largest absolute Gasteiger partial charge is 0.491 e. The van der Waals surface area contributed by atoms with Crippen LogP contribution >= 0.6 is 0 Å². The molecule has 4 heteroatoms. The molecule has 0 fully saturated rings. The molecule has 0 radical (unpaired) electrons. The smallest absolute Gasteiger partial charge is 0.124 e. The van der Waals surface area contributed by atoms with Crippen molar-refractivity contribution in [2.75, 3.05) is 40.6 Å². The zero-order chi connectivity index (χ0) is 15.5. The van der Waals surface area contributed by atoms with Crippen LogP contribution in [0.15, 0.2) is 24.3 Å². The van der Waals surface area contributed by atoms with Crippen LogP contribution in [0, 0.1) is 5.92 Å². The minimum atomic E-state index is 0.277. The van der Waals surface area contributed by atoms with Gasteiger partial charge in [-0.25, -0.2) is 0 Å². The molecule has 1 aromatic carbocycles. The molecule has 2 atom stereocenters. The lowest BCUT2D eigenvalue weighted by atomic mass is 9.95. The molecule has 0 aliphatic carbocycles. The monoisotopic (exact) mass is 295 g/mol. The number of methoxy groups -OCH3 is 2. The van der Waals surface area contributed by atoms with Crippen LogP contribution in [0.1, 0.15) is 31.9 Å². The average molecular weight is 295 g/mol. The van der Waals surface area contributed by atoms with E-state index in [2.05, 4.69) is 31.3 Å². The average Bonchev–Trinajstić information content (AvgIpc) is 2.48. The van der Waals surface area contributed by atoms with Crippen LogP contribution in [0.4, 0.5) is 0 Å². The molecule has 2 unspecified atom stereocenters. The summed E-state index contributed by atoms with van der Waals surface area (Å²) in [5.74, 6) is 1.43. The molecule has 0 aliphatic heterocycles. The molecule has 4 nitrogen and oxygen atoms in total. The van der Waals surface area contributed by atoms with Gasteiger partial charge < -0.3 is 19.5 Å². The Balaban J connectivity index is 2.80. The van der Waals surface area contributed by atoms with E-state index in [4.69, 9.17) is 14.2 Å². The van der Waals surface area contributed by atoms with Crippen LogP contribution in [0.2, 0.25) is 0 Å². The zero-order valence-electron chi connectivity index (χ0n) is 13.7. The summed E-state index contributed by atoms with van der Waals surface area (Å²) in [6, 6.07) is 8.50. The molecule has 0 spiro atoms. The minimum absolute atomic E-state index is 0.277. The second-order valence-electron chi connectivity index (χ2n) is 5.29. The molecule has 0 aromatic heterocycles. The van der Waals surface area contributed by atoms with E-state index >= 15 is 0 Å². The highest BCUT2D eigenvalue weighted by atomic mass is 16.5. The first-order valence-electron chi connectivity index (χ1n) is 7.65. The van der Waals surface area contributed by atoms with Crippen molar-refractivity contribution < 1.29 is 14.2 Å². The SMILES string of the molecule is CCNC(CC(C)COC)c1ccccc1OCCOC. The molecule has 1 rings (SSSR count). The van der Waals surface area contributed by atoms with Crippen molar-refractivity contribution in [3.63, 3.8) is 0 Å². The van der Waals surface area contributed by atoms with Gasteiger partial charge in [0.2, 0.25) is 0 Å². The number of nitrogens with one attached hydrogen (secondary N) is 1. The summed E-state index contributed by atoms with van der Waals surface area (Å²) in [7, 11) is 3.43. The van der Waals surface area contributed by atoms with Gasteiger partial charge in [0, 0.05) is 32.4 Å².